The average Bonchev–Trinajstić information content (AvgIpc) is 2.84. The highest BCUT2D eigenvalue weighted by Gasteiger charge is 2.05. The lowest BCUT2D eigenvalue weighted by molar-refractivity contribution is 0.408. The standard InChI is InChI=1S/C14H18BrN3O/c1-16-6-5-13-9-18(10-17-13)8-11-7-12(15)3-4-14(11)19-2/h3-4,7,9-10,16H,5-6,8H2,1-2H3. The van der Waals surface area contributed by atoms with Crippen molar-refractivity contribution in [3.63, 3.8) is 0 Å². The third kappa shape index (κ3) is 3.81. The monoisotopic (exact) mass is 323 g/mol. The molecule has 102 valence electrons. The summed E-state index contributed by atoms with van der Waals surface area (Å²) in [5.74, 6) is 0.897. The molecule has 1 aromatic heterocycles. The van der Waals surface area contributed by atoms with E-state index in [9.17, 15) is 0 Å². The third-order valence-electron chi connectivity index (χ3n) is 2.91. The van der Waals surface area contributed by atoms with Crippen LogP contribution < -0.4 is 10.1 Å². The summed E-state index contributed by atoms with van der Waals surface area (Å²) in [5.41, 5.74) is 2.23. The molecule has 1 aromatic carbocycles. The van der Waals surface area contributed by atoms with Crippen LogP contribution in [0, 0.1) is 0 Å². The maximum absolute atomic E-state index is 5.38. The molecule has 0 bridgehead atoms. The summed E-state index contributed by atoms with van der Waals surface area (Å²) in [6.07, 6.45) is 4.89. The predicted molar refractivity (Wildman–Crippen MR) is 79.7 cm³/mol. The van der Waals surface area contributed by atoms with Crippen molar-refractivity contribution in [1.82, 2.24) is 14.9 Å². The van der Waals surface area contributed by atoms with E-state index in [1.54, 1.807) is 7.11 Å². The van der Waals surface area contributed by atoms with Crippen LogP contribution in [0.3, 0.4) is 0 Å². The number of benzene rings is 1. The molecule has 0 unspecified atom stereocenters. The van der Waals surface area contributed by atoms with E-state index in [-0.39, 0.29) is 0 Å². The summed E-state index contributed by atoms with van der Waals surface area (Å²) < 4.78 is 8.51. The number of rotatable bonds is 6. The Kier molecular flexibility index (Phi) is 4.99. The largest absolute Gasteiger partial charge is 0.496 e. The number of nitrogens with one attached hydrogen (secondary N) is 1. The first-order valence-corrected chi connectivity index (χ1v) is 7.00. The molecule has 0 fully saturated rings. The van der Waals surface area contributed by atoms with Gasteiger partial charge in [0.15, 0.2) is 0 Å². The number of methoxy groups -OCH3 is 1. The van der Waals surface area contributed by atoms with Gasteiger partial charge in [-0.15, -0.1) is 0 Å². The van der Waals surface area contributed by atoms with Crippen LogP contribution in [0.4, 0.5) is 0 Å². The van der Waals surface area contributed by atoms with Gasteiger partial charge in [0.05, 0.1) is 25.7 Å². The molecular weight excluding hydrogens is 306 g/mol. The van der Waals surface area contributed by atoms with E-state index in [1.807, 2.05) is 25.5 Å². The van der Waals surface area contributed by atoms with Gasteiger partial charge in [-0.2, -0.15) is 0 Å². The average molecular weight is 324 g/mol. The summed E-state index contributed by atoms with van der Waals surface area (Å²) in [6, 6.07) is 6.03. The molecule has 0 saturated heterocycles. The van der Waals surface area contributed by atoms with Crippen molar-refractivity contribution in [3.8, 4) is 5.75 Å². The summed E-state index contributed by atoms with van der Waals surface area (Å²) in [4.78, 5) is 4.40. The fourth-order valence-corrected chi connectivity index (χ4v) is 2.35. The number of aromatic nitrogens is 2. The van der Waals surface area contributed by atoms with Crippen LogP contribution in [-0.2, 0) is 13.0 Å². The van der Waals surface area contributed by atoms with Crippen LogP contribution >= 0.6 is 15.9 Å². The Hall–Kier alpha value is -1.33. The SMILES string of the molecule is CNCCc1cn(Cc2cc(Br)ccc2OC)cn1. The molecule has 0 saturated carbocycles. The molecule has 4 nitrogen and oxygen atoms in total. The van der Waals surface area contributed by atoms with Crippen LogP contribution in [0.1, 0.15) is 11.3 Å². The lowest BCUT2D eigenvalue weighted by atomic mass is 10.2. The fourth-order valence-electron chi connectivity index (χ4n) is 1.94. The number of nitrogens with zero attached hydrogens (tertiary/aromatic N) is 2. The molecule has 0 aliphatic heterocycles. The van der Waals surface area contributed by atoms with E-state index in [2.05, 4.69) is 43.1 Å². The van der Waals surface area contributed by atoms with Crippen LogP contribution in [0.5, 0.6) is 5.75 Å². The number of halogens is 1. The summed E-state index contributed by atoms with van der Waals surface area (Å²) >= 11 is 3.49. The van der Waals surface area contributed by atoms with Gasteiger partial charge in [-0.05, 0) is 25.2 Å². The maximum atomic E-state index is 5.38. The Balaban J connectivity index is 2.12. The highest BCUT2D eigenvalue weighted by Crippen LogP contribution is 2.23. The van der Waals surface area contributed by atoms with Crippen LogP contribution in [-0.4, -0.2) is 30.3 Å². The normalized spacial score (nSPS) is 10.7. The highest BCUT2D eigenvalue weighted by atomic mass is 79.9. The minimum Gasteiger partial charge on any atom is -0.496 e. The minimum atomic E-state index is 0.759. The first-order chi connectivity index (χ1) is 9.22. The van der Waals surface area contributed by atoms with Gasteiger partial charge in [-0.3, -0.25) is 0 Å². The van der Waals surface area contributed by atoms with E-state index in [4.69, 9.17) is 4.74 Å². The molecule has 0 atom stereocenters. The van der Waals surface area contributed by atoms with Crippen molar-refractivity contribution >= 4 is 15.9 Å². The maximum Gasteiger partial charge on any atom is 0.123 e. The van der Waals surface area contributed by atoms with Gasteiger partial charge in [0.25, 0.3) is 0 Å². The van der Waals surface area contributed by atoms with Gasteiger partial charge in [0.2, 0.25) is 0 Å². The van der Waals surface area contributed by atoms with Crippen molar-refractivity contribution < 1.29 is 4.74 Å². The lowest BCUT2D eigenvalue weighted by Crippen LogP contribution is -2.10. The molecule has 0 aliphatic rings. The Morgan fingerprint density at radius 3 is 3.00 bits per heavy atom. The molecule has 0 radical (unpaired) electrons. The third-order valence-corrected chi connectivity index (χ3v) is 3.41. The van der Waals surface area contributed by atoms with Crippen molar-refractivity contribution in [1.29, 1.82) is 0 Å². The Morgan fingerprint density at radius 2 is 2.26 bits per heavy atom. The van der Waals surface area contributed by atoms with Crippen LogP contribution in [0.2, 0.25) is 0 Å². The van der Waals surface area contributed by atoms with Gasteiger partial charge in [-0.1, -0.05) is 15.9 Å². The van der Waals surface area contributed by atoms with E-state index < -0.39 is 0 Å². The number of hydrogen-bond donors (Lipinski definition) is 1. The van der Waals surface area contributed by atoms with Crippen LogP contribution in [0.15, 0.2) is 35.2 Å². The zero-order chi connectivity index (χ0) is 13.7. The molecule has 2 rings (SSSR count). The molecule has 0 aliphatic carbocycles. The minimum absolute atomic E-state index is 0.759. The summed E-state index contributed by atoms with van der Waals surface area (Å²) in [5, 5.41) is 3.13. The molecular formula is C14H18BrN3O. The molecule has 19 heavy (non-hydrogen) atoms. The highest BCUT2D eigenvalue weighted by molar-refractivity contribution is 9.10. The molecule has 2 aromatic rings. The van der Waals surface area contributed by atoms with Crippen molar-refractivity contribution in [3.05, 3.63) is 46.5 Å². The van der Waals surface area contributed by atoms with Gasteiger partial charge >= 0.3 is 0 Å². The molecule has 1 heterocycles. The van der Waals surface area contributed by atoms with Gasteiger partial charge in [-0.25, -0.2) is 4.98 Å². The molecule has 5 heteroatoms. The lowest BCUT2D eigenvalue weighted by Gasteiger charge is -2.09. The van der Waals surface area contributed by atoms with E-state index in [0.29, 0.717) is 0 Å². The van der Waals surface area contributed by atoms with Crippen LogP contribution in [0.25, 0.3) is 0 Å². The number of hydrogen-bond acceptors (Lipinski definition) is 3. The number of ether oxygens (including phenoxy) is 1. The van der Waals surface area contributed by atoms with Gasteiger partial charge in [0, 0.05) is 29.2 Å². The second kappa shape index (κ2) is 6.73. The first kappa shape index (κ1) is 14.1. The zero-order valence-electron chi connectivity index (χ0n) is 11.2. The first-order valence-electron chi connectivity index (χ1n) is 6.20. The fraction of sp³-hybridized carbons (Fsp3) is 0.357. The smallest absolute Gasteiger partial charge is 0.123 e. The second-order valence-corrected chi connectivity index (χ2v) is 5.26. The van der Waals surface area contributed by atoms with Gasteiger partial charge < -0.3 is 14.6 Å². The Bertz CT molecular complexity index is 539. The van der Waals surface area contributed by atoms with Gasteiger partial charge in [0.1, 0.15) is 5.75 Å². The van der Waals surface area contributed by atoms with Crippen molar-refractivity contribution in [2.24, 2.45) is 0 Å². The summed E-state index contributed by atoms with van der Waals surface area (Å²) in [6.45, 7) is 1.70. The predicted octanol–water partition coefficient (Wildman–Crippen LogP) is 2.46. The number of imidazole rings is 1. The Morgan fingerprint density at radius 1 is 1.42 bits per heavy atom. The van der Waals surface area contributed by atoms with Crippen molar-refractivity contribution in [2.75, 3.05) is 20.7 Å². The van der Waals surface area contributed by atoms with E-state index >= 15 is 0 Å². The van der Waals surface area contributed by atoms with Crippen molar-refractivity contribution in [2.45, 2.75) is 13.0 Å². The quantitative estimate of drug-likeness (QED) is 0.887. The molecule has 1 N–H and O–H groups in total. The number of likely N-dealkylation sites (N-methyl/N-ethyl adjacent to an activating group) is 1. The van der Waals surface area contributed by atoms with E-state index in [1.165, 1.54) is 0 Å². The molecule has 0 amide bonds. The summed E-state index contributed by atoms with van der Waals surface area (Å²) in [7, 11) is 3.64. The second-order valence-electron chi connectivity index (χ2n) is 4.35. The molecule has 0 spiro atoms. The zero-order valence-corrected chi connectivity index (χ0v) is 12.8. The Labute approximate surface area is 121 Å². The topological polar surface area (TPSA) is 39.1 Å². The van der Waals surface area contributed by atoms with E-state index in [0.717, 1.165) is 41.0 Å².